The molecule has 0 bridgehead atoms. The Hall–Kier alpha value is -3.21. The van der Waals surface area contributed by atoms with Crippen LogP contribution in [0.3, 0.4) is 0 Å². The highest BCUT2D eigenvalue weighted by molar-refractivity contribution is 6.33. The monoisotopic (exact) mass is 527 g/mol. The van der Waals surface area contributed by atoms with E-state index in [1.807, 2.05) is 0 Å². The van der Waals surface area contributed by atoms with Gasteiger partial charge in [-0.2, -0.15) is 13.2 Å². The molecule has 0 spiro atoms. The molecule has 194 valence electrons. The summed E-state index contributed by atoms with van der Waals surface area (Å²) >= 11 is 6.48. The molecule has 1 N–H and O–H groups in total. The van der Waals surface area contributed by atoms with Gasteiger partial charge in [-0.05, 0) is 39.0 Å². The van der Waals surface area contributed by atoms with Gasteiger partial charge < -0.3 is 15.1 Å². The molecule has 0 saturated carbocycles. The lowest BCUT2D eigenvalue weighted by Crippen LogP contribution is -2.54. The number of carbonyl (C=O) groups is 2. The molecule has 0 radical (unpaired) electrons. The molecule has 7 nitrogen and oxygen atoms in total. The number of aliphatic imine (C=N–C) groups is 1. The fraction of sp³-hybridized carbons (Fsp3) is 0.417. The Kier molecular flexibility index (Phi) is 8.22. The third-order valence-corrected chi connectivity index (χ3v) is 6.30. The van der Waals surface area contributed by atoms with Gasteiger partial charge in [-0.3, -0.25) is 14.6 Å². The molecular formula is C24H26ClF4N5O2. The summed E-state index contributed by atoms with van der Waals surface area (Å²) in [4.78, 5) is 34.7. The Morgan fingerprint density at radius 1 is 1.25 bits per heavy atom. The van der Waals surface area contributed by atoms with Crippen LogP contribution in [0.4, 0.5) is 23.4 Å². The second-order valence-electron chi connectivity index (χ2n) is 9.12. The number of hydrogen-bond acceptors (Lipinski definition) is 4. The largest absolute Gasteiger partial charge is 0.395 e. The van der Waals surface area contributed by atoms with E-state index in [1.165, 1.54) is 24.3 Å². The number of alkyl halides is 3. The molecular weight excluding hydrogens is 502 g/mol. The number of benzene rings is 1. The standard InChI is InChI=1S/C24H26ClF4N5O2/c1-15-11-33(14-36)8-9-34(15)22(30-12-23(2,3)24(27,28)29)17-10-18(25)20(32-21(17)31-13-35)16-6-4-5-7-19(16)26/h4-7,10,13-15H,8-9,11-12H2,1-3H3,(H,31,32,35). The predicted molar refractivity (Wildman–Crippen MR) is 129 cm³/mol. The zero-order chi connectivity index (χ0) is 26.7. The van der Waals surface area contributed by atoms with Gasteiger partial charge in [0.05, 0.1) is 28.2 Å². The first-order valence-electron chi connectivity index (χ1n) is 11.1. The Balaban J connectivity index is 2.17. The van der Waals surface area contributed by atoms with Gasteiger partial charge >= 0.3 is 6.18 Å². The van der Waals surface area contributed by atoms with Gasteiger partial charge in [0.2, 0.25) is 12.8 Å². The second-order valence-corrected chi connectivity index (χ2v) is 9.53. The van der Waals surface area contributed by atoms with E-state index in [9.17, 15) is 27.2 Å². The number of amidine groups is 1. The molecule has 1 aromatic heterocycles. The van der Waals surface area contributed by atoms with Crippen molar-refractivity contribution in [3.05, 3.63) is 46.7 Å². The first-order valence-corrected chi connectivity index (χ1v) is 11.5. The molecule has 12 heteroatoms. The minimum absolute atomic E-state index is 0.0218. The molecule has 0 aliphatic carbocycles. The van der Waals surface area contributed by atoms with Crippen molar-refractivity contribution in [3.8, 4) is 11.3 Å². The van der Waals surface area contributed by atoms with Crippen molar-refractivity contribution in [1.82, 2.24) is 14.8 Å². The number of carbonyl (C=O) groups excluding carboxylic acids is 2. The van der Waals surface area contributed by atoms with Crippen molar-refractivity contribution >= 4 is 36.1 Å². The lowest BCUT2D eigenvalue weighted by atomic mass is 9.93. The summed E-state index contributed by atoms with van der Waals surface area (Å²) in [5.41, 5.74) is -1.82. The van der Waals surface area contributed by atoms with E-state index < -0.39 is 24.0 Å². The number of anilines is 1. The maximum absolute atomic E-state index is 14.4. The average molecular weight is 528 g/mol. The van der Waals surface area contributed by atoms with Crippen LogP contribution in [-0.4, -0.2) is 71.8 Å². The number of piperazine rings is 1. The normalized spacial score (nSPS) is 17.2. The molecule has 2 amide bonds. The Morgan fingerprint density at radius 3 is 2.53 bits per heavy atom. The van der Waals surface area contributed by atoms with Crippen molar-refractivity contribution in [1.29, 1.82) is 0 Å². The molecule has 1 atom stereocenters. The van der Waals surface area contributed by atoms with Crippen molar-refractivity contribution < 1.29 is 27.2 Å². The van der Waals surface area contributed by atoms with Crippen LogP contribution >= 0.6 is 11.6 Å². The molecule has 1 aliphatic heterocycles. The maximum atomic E-state index is 14.4. The highest BCUT2D eigenvalue weighted by Gasteiger charge is 2.47. The van der Waals surface area contributed by atoms with Gasteiger partial charge in [0.1, 0.15) is 17.5 Å². The van der Waals surface area contributed by atoms with Crippen LogP contribution in [0.15, 0.2) is 35.3 Å². The predicted octanol–water partition coefficient (Wildman–Crippen LogP) is 4.61. The van der Waals surface area contributed by atoms with Gasteiger partial charge in [0.25, 0.3) is 0 Å². The maximum Gasteiger partial charge on any atom is 0.395 e. The zero-order valence-corrected chi connectivity index (χ0v) is 20.7. The number of aromatic nitrogens is 1. The van der Waals surface area contributed by atoms with E-state index in [4.69, 9.17) is 11.6 Å². The van der Waals surface area contributed by atoms with Crippen LogP contribution in [0.1, 0.15) is 26.3 Å². The number of halogens is 5. The SMILES string of the molecule is CC1CN(C=O)CCN1C(=NCC(C)(C)C(F)(F)F)c1cc(Cl)c(-c2ccccc2F)nc1NC=O. The lowest BCUT2D eigenvalue weighted by Gasteiger charge is -2.41. The summed E-state index contributed by atoms with van der Waals surface area (Å²) < 4.78 is 55.2. The van der Waals surface area contributed by atoms with Crippen LogP contribution < -0.4 is 5.32 Å². The van der Waals surface area contributed by atoms with E-state index in [-0.39, 0.29) is 46.1 Å². The lowest BCUT2D eigenvalue weighted by molar-refractivity contribution is -0.207. The van der Waals surface area contributed by atoms with Gasteiger partial charge in [-0.25, -0.2) is 9.37 Å². The van der Waals surface area contributed by atoms with Gasteiger partial charge in [-0.1, -0.05) is 23.7 Å². The van der Waals surface area contributed by atoms with Crippen molar-refractivity contribution in [2.24, 2.45) is 10.4 Å². The topological polar surface area (TPSA) is 77.9 Å². The molecule has 2 heterocycles. The number of pyridine rings is 1. The van der Waals surface area contributed by atoms with Gasteiger partial charge in [0, 0.05) is 31.2 Å². The van der Waals surface area contributed by atoms with E-state index in [0.717, 1.165) is 13.8 Å². The van der Waals surface area contributed by atoms with Crippen LogP contribution in [0, 0.1) is 11.2 Å². The minimum Gasteiger partial charge on any atom is -0.350 e. The summed E-state index contributed by atoms with van der Waals surface area (Å²) in [5.74, 6) is -0.499. The van der Waals surface area contributed by atoms with Crippen molar-refractivity contribution in [2.75, 3.05) is 31.5 Å². The highest BCUT2D eigenvalue weighted by atomic mass is 35.5. The number of amides is 2. The zero-order valence-electron chi connectivity index (χ0n) is 19.9. The number of nitrogens with zero attached hydrogens (tertiary/aromatic N) is 4. The first kappa shape index (κ1) is 27.4. The number of rotatable bonds is 7. The van der Waals surface area contributed by atoms with Crippen molar-refractivity contribution in [2.45, 2.75) is 33.0 Å². The number of nitrogens with one attached hydrogen (secondary N) is 1. The summed E-state index contributed by atoms with van der Waals surface area (Å²) in [7, 11) is 0. The minimum atomic E-state index is -4.52. The molecule has 2 aromatic rings. The fourth-order valence-corrected chi connectivity index (χ4v) is 4.01. The Morgan fingerprint density at radius 2 is 1.94 bits per heavy atom. The smallest absolute Gasteiger partial charge is 0.350 e. The summed E-state index contributed by atoms with van der Waals surface area (Å²) in [5, 5.41) is 2.47. The summed E-state index contributed by atoms with van der Waals surface area (Å²) in [6.07, 6.45) is -3.45. The molecule has 1 fully saturated rings. The molecule has 1 unspecified atom stereocenters. The third-order valence-electron chi connectivity index (χ3n) is 6.01. The van der Waals surface area contributed by atoms with E-state index in [2.05, 4.69) is 15.3 Å². The summed E-state index contributed by atoms with van der Waals surface area (Å²) in [6.45, 7) is 4.18. The van der Waals surface area contributed by atoms with Crippen LogP contribution in [0.5, 0.6) is 0 Å². The molecule has 1 saturated heterocycles. The molecule has 36 heavy (non-hydrogen) atoms. The molecule has 1 aliphatic rings. The fourth-order valence-electron chi connectivity index (χ4n) is 3.76. The third kappa shape index (κ3) is 5.77. The van der Waals surface area contributed by atoms with Gasteiger partial charge in [-0.15, -0.1) is 0 Å². The number of hydrogen-bond donors (Lipinski definition) is 1. The first-order chi connectivity index (χ1) is 16.9. The van der Waals surface area contributed by atoms with E-state index >= 15 is 0 Å². The average Bonchev–Trinajstić information content (AvgIpc) is 2.81. The quantitative estimate of drug-likeness (QED) is 0.247. The van der Waals surface area contributed by atoms with E-state index in [0.29, 0.717) is 25.9 Å². The summed E-state index contributed by atoms with van der Waals surface area (Å²) in [6, 6.07) is 6.88. The van der Waals surface area contributed by atoms with Crippen LogP contribution in [-0.2, 0) is 9.59 Å². The van der Waals surface area contributed by atoms with Crippen LogP contribution in [0.25, 0.3) is 11.3 Å². The molecule has 3 rings (SSSR count). The Labute approximate surface area is 211 Å². The van der Waals surface area contributed by atoms with E-state index in [1.54, 1.807) is 22.8 Å². The van der Waals surface area contributed by atoms with Crippen molar-refractivity contribution in [3.63, 3.8) is 0 Å². The second kappa shape index (κ2) is 10.8. The highest BCUT2D eigenvalue weighted by Crippen LogP contribution is 2.38. The molecule has 1 aromatic carbocycles. The van der Waals surface area contributed by atoms with Gasteiger partial charge in [0.15, 0.2) is 0 Å². The Bertz CT molecular complexity index is 1160. The van der Waals surface area contributed by atoms with Crippen LogP contribution in [0.2, 0.25) is 5.02 Å².